The molecule has 3 heteroatoms. The second kappa shape index (κ2) is 4.24. The van der Waals surface area contributed by atoms with Crippen LogP contribution in [0.15, 0.2) is 24.4 Å². The molecule has 14 heavy (non-hydrogen) atoms. The van der Waals surface area contributed by atoms with Gasteiger partial charge in [0.1, 0.15) is 0 Å². The molecule has 1 aromatic carbocycles. The Morgan fingerprint density at radius 2 is 2.14 bits per heavy atom. The van der Waals surface area contributed by atoms with Gasteiger partial charge in [0.05, 0.1) is 0 Å². The van der Waals surface area contributed by atoms with Crippen molar-refractivity contribution >= 4 is 34.1 Å². The Bertz CT molecular complexity index is 434. The second-order valence-electron chi connectivity index (χ2n) is 3.30. The van der Waals surface area contributed by atoms with E-state index in [0.29, 0.717) is 5.88 Å². The molecule has 0 fully saturated rings. The molecule has 0 aliphatic heterocycles. The van der Waals surface area contributed by atoms with Crippen molar-refractivity contribution in [3.8, 4) is 0 Å². The topological polar surface area (TPSA) is 15.8 Å². The zero-order valence-corrected chi connectivity index (χ0v) is 9.20. The molecule has 0 spiro atoms. The van der Waals surface area contributed by atoms with Crippen LogP contribution in [0.3, 0.4) is 0 Å². The van der Waals surface area contributed by atoms with E-state index < -0.39 is 0 Å². The van der Waals surface area contributed by atoms with E-state index in [4.69, 9.17) is 23.2 Å². The van der Waals surface area contributed by atoms with Crippen LogP contribution in [-0.4, -0.2) is 10.9 Å². The highest BCUT2D eigenvalue weighted by atomic mass is 35.5. The minimum Gasteiger partial charge on any atom is -0.361 e. The first-order valence-corrected chi connectivity index (χ1v) is 5.54. The van der Waals surface area contributed by atoms with Crippen LogP contribution < -0.4 is 0 Å². The normalized spacial score (nSPS) is 11.0. The van der Waals surface area contributed by atoms with Crippen molar-refractivity contribution in [1.29, 1.82) is 0 Å². The fourth-order valence-corrected chi connectivity index (χ4v) is 1.92. The average Bonchev–Trinajstić information content (AvgIpc) is 2.57. The molecule has 2 rings (SSSR count). The molecule has 2 aromatic rings. The molecule has 0 aliphatic rings. The third-order valence-corrected chi connectivity index (χ3v) is 2.81. The Morgan fingerprint density at radius 3 is 2.93 bits per heavy atom. The Balaban J connectivity index is 2.40. The van der Waals surface area contributed by atoms with Crippen LogP contribution in [0, 0.1) is 0 Å². The minimum absolute atomic E-state index is 0.702. The first-order valence-electron chi connectivity index (χ1n) is 4.63. The molecule has 1 heterocycles. The molecule has 74 valence electrons. The molecule has 0 unspecified atom stereocenters. The molecule has 0 saturated carbocycles. The maximum absolute atomic E-state index is 5.94. The van der Waals surface area contributed by atoms with Crippen molar-refractivity contribution in [3.63, 3.8) is 0 Å². The van der Waals surface area contributed by atoms with Gasteiger partial charge in [-0.25, -0.2) is 0 Å². The Morgan fingerprint density at radius 1 is 1.29 bits per heavy atom. The smallest absolute Gasteiger partial charge is 0.0457 e. The summed E-state index contributed by atoms with van der Waals surface area (Å²) >= 11 is 11.6. The maximum atomic E-state index is 5.94. The Hall–Kier alpha value is -0.660. The number of rotatable bonds is 3. The van der Waals surface area contributed by atoms with Gasteiger partial charge in [0.2, 0.25) is 0 Å². The molecular weight excluding hydrogens is 217 g/mol. The number of fused-ring (bicyclic) bond motifs is 1. The van der Waals surface area contributed by atoms with Crippen molar-refractivity contribution in [2.75, 3.05) is 5.88 Å². The van der Waals surface area contributed by atoms with Crippen LogP contribution in [0.4, 0.5) is 0 Å². The number of aromatic nitrogens is 1. The quantitative estimate of drug-likeness (QED) is 0.764. The SMILES string of the molecule is ClCCCc1c[nH]c2ccc(Cl)cc12. The monoisotopic (exact) mass is 227 g/mol. The van der Waals surface area contributed by atoms with E-state index in [1.54, 1.807) is 0 Å². The van der Waals surface area contributed by atoms with E-state index in [1.807, 2.05) is 24.4 Å². The van der Waals surface area contributed by atoms with E-state index in [1.165, 1.54) is 10.9 Å². The first kappa shape index (κ1) is 9.88. The van der Waals surface area contributed by atoms with Gasteiger partial charge in [-0.2, -0.15) is 0 Å². The number of halogens is 2. The van der Waals surface area contributed by atoms with Crippen LogP contribution in [0.1, 0.15) is 12.0 Å². The third-order valence-electron chi connectivity index (χ3n) is 2.31. The van der Waals surface area contributed by atoms with E-state index in [0.717, 1.165) is 23.4 Å². The highest BCUT2D eigenvalue weighted by Gasteiger charge is 2.03. The summed E-state index contributed by atoms with van der Waals surface area (Å²) in [6, 6.07) is 5.89. The van der Waals surface area contributed by atoms with Crippen molar-refractivity contribution in [2.45, 2.75) is 12.8 Å². The van der Waals surface area contributed by atoms with Gasteiger partial charge < -0.3 is 4.98 Å². The number of alkyl halides is 1. The molecule has 0 amide bonds. The number of aryl methyl sites for hydroxylation is 1. The number of H-pyrrole nitrogens is 1. The molecule has 1 nitrogen and oxygen atoms in total. The van der Waals surface area contributed by atoms with Crippen LogP contribution in [0.25, 0.3) is 10.9 Å². The van der Waals surface area contributed by atoms with Gasteiger partial charge in [-0.15, -0.1) is 11.6 Å². The Labute approximate surface area is 93.0 Å². The standard InChI is InChI=1S/C11H11Cl2N/c12-5-1-2-8-7-14-11-4-3-9(13)6-10(8)11/h3-4,6-7,14H,1-2,5H2. The van der Waals surface area contributed by atoms with Gasteiger partial charge in [-0.05, 0) is 36.6 Å². The molecular formula is C11H11Cl2N. The van der Waals surface area contributed by atoms with Gasteiger partial charge in [-0.1, -0.05) is 11.6 Å². The summed E-state index contributed by atoms with van der Waals surface area (Å²) < 4.78 is 0. The first-order chi connectivity index (χ1) is 6.81. The summed E-state index contributed by atoms with van der Waals surface area (Å²) in [6.45, 7) is 0. The predicted molar refractivity (Wildman–Crippen MR) is 62.3 cm³/mol. The lowest BCUT2D eigenvalue weighted by Gasteiger charge is -1.97. The van der Waals surface area contributed by atoms with Crippen LogP contribution in [-0.2, 0) is 6.42 Å². The molecule has 0 radical (unpaired) electrons. The molecule has 0 atom stereocenters. The molecule has 1 N–H and O–H groups in total. The van der Waals surface area contributed by atoms with E-state index in [-0.39, 0.29) is 0 Å². The number of hydrogen-bond acceptors (Lipinski definition) is 0. The lowest BCUT2D eigenvalue weighted by molar-refractivity contribution is 0.936. The number of hydrogen-bond donors (Lipinski definition) is 1. The number of aromatic amines is 1. The summed E-state index contributed by atoms with van der Waals surface area (Å²) in [6.07, 6.45) is 4.04. The molecule has 0 aliphatic carbocycles. The summed E-state index contributed by atoms with van der Waals surface area (Å²) in [4.78, 5) is 3.22. The molecule has 0 bridgehead atoms. The summed E-state index contributed by atoms with van der Waals surface area (Å²) in [7, 11) is 0. The van der Waals surface area contributed by atoms with Crippen molar-refractivity contribution in [2.24, 2.45) is 0 Å². The van der Waals surface area contributed by atoms with Crippen LogP contribution in [0.5, 0.6) is 0 Å². The van der Waals surface area contributed by atoms with Crippen LogP contribution >= 0.6 is 23.2 Å². The van der Waals surface area contributed by atoms with Crippen molar-refractivity contribution in [1.82, 2.24) is 4.98 Å². The lowest BCUT2D eigenvalue weighted by Crippen LogP contribution is -1.83. The van der Waals surface area contributed by atoms with Crippen molar-refractivity contribution < 1.29 is 0 Å². The summed E-state index contributed by atoms with van der Waals surface area (Å²) in [5, 5.41) is 1.99. The predicted octanol–water partition coefficient (Wildman–Crippen LogP) is 3.99. The van der Waals surface area contributed by atoms with E-state index in [2.05, 4.69) is 4.98 Å². The van der Waals surface area contributed by atoms with Gasteiger partial charge in [0, 0.05) is 28.0 Å². The van der Waals surface area contributed by atoms with Gasteiger partial charge >= 0.3 is 0 Å². The minimum atomic E-state index is 0.702. The van der Waals surface area contributed by atoms with E-state index in [9.17, 15) is 0 Å². The molecule has 0 saturated heterocycles. The lowest BCUT2D eigenvalue weighted by atomic mass is 10.1. The van der Waals surface area contributed by atoms with Gasteiger partial charge in [-0.3, -0.25) is 0 Å². The van der Waals surface area contributed by atoms with Crippen molar-refractivity contribution in [3.05, 3.63) is 35.0 Å². The largest absolute Gasteiger partial charge is 0.361 e. The highest BCUT2D eigenvalue weighted by Crippen LogP contribution is 2.23. The van der Waals surface area contributed by atoms with Gasteiger partial charge in [0.25, 0.3) is 0 Å². The second-order valence-corrected chi connectivity index (χ2v) is 4.11. The number of nitrogens with one attached hydrogen (secondary N) is 1. The summed E-state index contributed by atoms with van der Waals surface area (Å²) in [5.74, 6) is 0.702. The maximum Gasteiger partial charge on any atom is 0.0457 e. The fraction of sp³-hybridized carbons (Fsp3) is 0.273. The molecule has 1 aromatic heterocycles. The zero-order chi connectivity index (χ0) is 9.97. The zero-order valence-electron chi connectivity index (χ0n) is 7.69. The number of benzene rings is 1. The highest BCUT2D eigenvalue weighted by molar-refractivity contribution is 6.31. The van der Waals surface area contributed by atoms with E-state index >= 15 is 0 Å². The summed E-state index contributed by atoms with van der Waals surface area (Å²) in [5.41, 5.74) is 2.43. The average molecular weight is 228 g/mol. The third kappa shape index (κ3) is 1.89. The fourth-order valence-electron chi connectivity index (χ4n) is 1.61. The van der Waals surface area contributed by atoms with Gasteiger partial charge in [0.15, 0.2) is 0 Å². The Kier molecular flexibility index (Phi) is 2.99. The van der Waals surface area contributed by atoms with Crippen LogP contribution in [0.2, 0.25) is 5.02 Å².